The number of hydrogen-bond acceptors (Lipinski definition) is 5. The number of likely N-dealkylation sites (N-methyl/N-ethyl adjacent to an activating group) is 1. The standard InChI is InChI=1S/C19H29N3O4/c1-6-13(2)17(19(25)26-5)21-16(23)12-22(4)11-14-7-9-15(10-8-14)18(24)20-3/h7-10,13,17H,6,11-12H2,1-5H3,(H,20,24)(H,21,23)/t13-,17-/m0/s1. The monoisotopic (exact) mass is 363 g/mol. The van der Waals surface area contributed by atoms with E-state index >= 15 is 0 Å². The lowest BCUT2D eigenvalue weighted by Crippen LogP contribution is -2.48. The first-order chi connectivity index (χ1) is 12.3. The Bertz CT molecular complexity index is 616. The first-order valence-electron chi connectivity index (χ1n) is 8.69. The molecule has 0 fully saturated rings. The number of ether oxygens (including phenoxy) is 1. The molecular formula is C19H29N3O4. The predicted octanol–water partition coefficient (Wildman–Crippen LogP) is 1.18. The van der Waals surface area contributed by atoms with Gasteiger partial charge in [0, 0.05) is 19.2 Å². The molecule has 2 atom stereocenters. The van der Waals surface area contributed by atoms with Crippen LogP contribution in [0.5, 0.6) is 0 Å². The summed E-state index contributed by atoms with van der Waals surface area (Å²) in [6, 6.07) is 6.57. The van der Waals surface area contributed by atoms with Gasteiger partial charge in [0.1, 0.15) is 6.04 Å². The van der Waals surface area contributed by atoms with Gasteiger partial charge in [0.15, 0.2) is 0 Å². The van der Waals surface area contributed by atoms with E-state index in [-0.39, 0.29) is 24.3 Å². The molecule has 144 valence electrons. The Kier molecular flexibility index (Phi) is 8.78. The average molecular weight is 363 g/mol. The molecular weight excluding hydrogens is 334 g/mol. The number of rotatable bonds is 9. The topological polar surface area (TPSA) is 87.7 Å². The summed E-state index contributed by atoms with van der Waals surface area (Å²) in [5.74, 6) is -0.803. The van der Waals surface area contributed by atoms with Crippen molar-refractivity contribution in [3.05, 3.63) is 35.4 Å². The van der Waals surface area contributed by atoms with E-state index in [1.165, 1.54) is 7.11 Å². The molecule has 0 aliphatic heterocycles. The van der Waals surface area contributed by atoms with Gasteiger partial charge in [0.2, 0.25) is 5.91 Å². The van der Waals surface area contributed by atoms with Crippen LogP contribution in [0.1, 0.15) is 36.2 Å². The predicted molar refractivity (Wildman–Crippen MR) is 99.6 cm³/mol. The molecule has 0 aliphatic rings. The molecule has 0 spiro atoms. The van der Waals surface area contributed by atoms with Crippen LogP contribution < -0.4 is 10.6 Å². The second kappa shape index (κ2) is 10.6. The van der Waals surface area contributed by atoms with Crippen molar-refractivity contribution in [3.8, 4) is 0 Å². The van der Waals surface area contributed by atoms with E-state index in [1.807, 2.05) is 37.9 Å². The molecule has 0 aliphatic carbocycles. The van der Waals surface area contributed by atoms with Crippen LogP contribution in [0.15, 0.2) is 24.3 Å². The highest BCUT2D eigenvalue weighted by Crippen LogP contribution is 2.10. The van der Waals surface area contributed by atoms with Crippen molar-refractivity contribution in [1.82, 2.24) is 15.5 Å². The number of carbonyl (C=O) groups excluding carboxylic acids is 3. The first kappa shape index (κ1) is 21.6. The van der Waals surface area contributed by atoms with Crippen molar-refractivity contribution in [3.63, 3.8) is 0 Å². The number of nitrogens with zero attached hydrogens (tertiary/aromatic N) is 1. The van der Waals surface area contributed by atoms with Gasteiger partial charge in [-0.3, -0.25) is 14.5 Å². The molecule has 0 unspecified atom stereocenters. The highest BCUT2D eigenvalue weighted by atomic mass is 16.5. The molecule has 0 heterocycles. The van der Waals surface area contributed by atoms with Crippen molar-refractivity contribution >= 4 is 17.8 Å². The maximum absolute atomic E-state index is 12.3. The molecule has 7 nitrogen and oxygen atoms in total. The SMILES string of the molecule is CC[C@H](C)[C@H](NC(=O)CN(C)Cc1ccc(C(=O)NC)cc1)C(=O)OC. The van der Waals surface area contributed by atoms with E-state index in [0.717, 1.165) is 12.0 Å². The van der Waals surface area contributed by atoms with Crippen LogP contribution in [0.3, 0.4) is 0 Å². The molecule has 1 rings (SSSR count). The lowest BCUT2D eigenvalue weighted by molar-refractivity contribution is -0.146. The number of carbonyl (C=O) groups is 3. The van der Waals surface area contributed by atoms with E-state index in [4.69, 9.17) is 4.74 Å². The zero-order valence-electron chi connectivity index (χ0n) is 16.2. The fourth-order valence-electron chi connectivity index (χ4n) is 2.53. The Morgan fingerprint density at radius 3 is 2.31 bits per heavy atom. The highest BCUT2D eigenvalue weighted by Gasteiger charge is 2.26. The largest absolute Gasteiger partial charge is 0.467 e. The number of benzene rings is 1. The van der Waals surface area contributed by atoms with E-state index < -0.39 is 12.0 Å². The van der Waals surface area contributed by atoms with Crippen molar-refractivity contribution < 1.29 is 19.1 Å². The summed E-state index contributed by atoms with van der Waals surface area (Å²) >= 11 is 0. The molecule has 0 saturated carbocycles. The zero-order valence-corrected chi connectivity index (χ0v) is 16.2. The Hall–Kier alpha value is -2.41. The van der Waals surface area contributed by atoms with Gasteiger partial charge in [0.25, 0.3) is 5.91 Å². The summed E-state index contributed by atoms with van der Waals surface area (Å²) in [5, 5.41) is 5.33. The average Bonchev–Trinajstić information content (AvgIpc) is 2.64. The lowest BCUT2D eigenvalue weighted by atomic mass is 9.99. The van der Waals surface area contributed by atoms with Crippen LogP contribution >= 0.6 is 0 Å². The second-order valence-electron chi connectivity index (χ2n) is 6.40. The summed E-state index contributed by atoms with van der Waals surface area (Å²) in [4.78, 5) is 37.5. The summed E-state index contributed by atoms with van der Waals surface area (Å²) in [5.41, 5.74) is 1.57. The first-order valence-corrected chi connectivity index (χ1v) is 8.69. The van der Waals surface area contributed by atoms with Gasteiger partial charge in [0.05, 0.1) is 13.7 Å². The van der Waals surface area contributed by atoms with Gasteiger partial charge in [-0.05, 0) is 30.7 Å². The van der Waals surface area contributed by atoms with Gasteiger partial charge in [-0.15, -0.1) is 0 Å². The summed E-state index contributed by atoms with van der Waals surface area (Å²) in [6.45, 7) is 4.57. The molecule has 2 N–H and O–H groups in total. The molecule has 0 aromatic heterocycles. The van der Waals surface area contributed by atoms with Gasteiger partial charge < -0.3 is 15.4 Å². The number of amides is 2. The van der Waals surface area contributed by atoms with E-state index in [9.17, 15) is 14.4 Å². The number of esters is 1. The van der Waals surface area contributed by atoms with Gasteiger partial charge in [-0.25, -0.2) is 4.79 Å². The Morgan fingerprint density at radius 2 is 1.81 bits per heavy atom. The van der Waals surface area contributed by atoms with Gasteiger partial charge >= 0.3 is 5.97 Å². The molecule has 0 bridgehead atoms. The molecule has 1 aromatic rings. The summed E-state index contributed by atoms with van der Waals surface area (Å²) in [6.07, 6.45) is 0.758. The van der Waals surface area contributed by atoms with Crippen molar-refractivity contribution in [1.29, 1.82) is 0 Å². The third-order valence-corrected chi connectivity index (χ3v) is 4.29. The van der Waals surface area contributed by atoms with Crippen LogP contribution in [0.4, 0.5) is 0 Å². The normalized spacial score (nSPS) is 13.0. The molecule has 0 radical (unpaired) electrons. The Labute approximate surface area is 155 Å². The number of methoxy groups -OCH3 is 1. The van der Waals surface area contributed by atoms with Crippen molar-refractivity contribution in [2.75, 3.05) is 27.7 Å². The van der Waals surface area contributed by atoms with Crippen LogP contribution in [0.25, 0.3) is 0 Å². The Balaban J connectivity index is 2.60. The molecule has 1 aromatic carbocycles. The van der Waals surface area contributed by atoms with Crippen LogP contribution in [-0.2, 0) is 20.9 Å². The molecule has 26 heavy (non-hydrogen) atoms. The Morgan fingerprint density at radius 1 is 1.19 bits per heavy atom. The summed E-state index contributed by atoms with van der Waals surface area (Å²) < 4.78 is 4.78. The fourth-order valence-corrected chi connectivity index (χ4v) is 2.53. The van der Waals surface area contributed by atoms with Crippen LogP contribution in [-0.4, -0.2) is 56.5 Å². The van der Waals surface area contributed by atoms with Crippen molar-refractivity contribution in [2.45, 2.75) is 32.9 Å². The maximum Gasteiger partial charge on any atom is 0.328 e. The minimum Gasteiger partial charge on any atom is -0.467 e. The van der Waals surface area contributed by atoms with Crippen LogP contribution in [0.2, 0.25) is 0 Å². The minimum absolute atomic E-state index is 0.00559. The quantitative estimate of drug-likeness (QED) is 0.644. The molecule has 7 heteroatoms. The lowest BCUT2D eigenvalue weighted by Gasteiger charge is -2.23. The second-order valence-corrected chi connectivity index (χ2v) is 6.40. The number of nitrogens with one attached hydrogen (secondary N) is 2. The van der Waals surface area contributed by atoms with Crippen LogP contribution in [0, 0.1) is 5.92 Å². The molecule has 2 amide bonds. The third-order valence-electron chi connectivity index (χ3n) is 4.29. The zero-order chi connectivity index (χ0) is 19.7. The highest BCUT2D eigenvalue weighted by molar-refractivity contribution is 5.93. The molecule has 0 saturated heterocycles. The maximum atomic E-state index is 12.3. The fraction of sp³-hybridized carbons (Fsp3) is 0.526. The van der Waals surface area contributed by atoms with E-state index in [1.54, 1.807) is 19.2 Å². The van der Waals surface area contributed by atoms with Gasteiger partial charge in [-0.1, -0.05) is 32.4 Å². The number of hydrogen-bond donors (Lipinski definition) is 2. The van der Waals surface area contributed by atoms with E-state index in [2.05, 4.69) is 10.6 Å². The van der Waals surface area contributed by atoms with E-state index in [0.29, 0.717) is 12.1 Å². The smallest absolute Gasteiger partial charge is 0.328 e. The van der Waals surface area contributed by atoms with Gasteiger partial charge in [-0.2, -0.15) is 0 Å². The third kappa shape index (κ3) is 6.48. The summed E-state index contributed by atoms with van der Waals surface area (Å²) in [7, 11) is 4.73. The minimum atomic E-state index is -0.641. The van der Waals surface area contributed by atoms with Crippen molar-refractivity contribution in [2.24, 2.45) is 5.92 Å².